The molecule has 3 aromatic carbocycles. The molecule has 1 aliphatic heterocycles. The summed E-state index contributed by atoms with van der Waals surface area (Å²) in [5.74, 6) is 0.516. The number of rotatable bonds is 5. The SMILES string of the molecule is CC(=N)N1CCC(Oc2cc3c(nc(C)n3-c3ccc(C(=N)N)c4ccccc34)c(C)c2C(=O)O)CC1. The van der Waals surface area contributed by atoms with Crippen molar-refractivity contribution in [2.45, 2.75) is 39.7 Å². The summed E-state index contributed by atoms with van der Waals surface area (Å²) < 4.78 is 8.35. The van der Waals surface area contributed by atoms with E-state index in [0.29, 0.717) is 60.0 Å². The van der Waals surface area contributed by atoms with Crippen molar-refractivity contribution in [1.82, 2.24) is 14.5 Å². The maximum Gasteiger partial charge on any atom is 0.339 e. The van der Waals surface area contributed by atoms with Gasteiger partial charge in [0.15, 0.2) is 0 Å². The molecule has 1 aromatic heterocycles. The molecule has 0 amide bonds. The van der Waals surface area contributed by atoms with Crippen LogP contribution in [0.3, 0.4) is 0 Å². The molecule has 0 bridgehead atoms. The number of benzene rings is 3. The second-order valence-electron chi connectivity index (χ2n) is 9.52. The summed E-state index contributed by atoms with van der Waals surface area (Å²) in [7, 11) is 0. The van der Waals surface area contributed by atoms with Gasteiger partial charge in [0.1, 0.15) is 29.1 Å². The molecule has 1 aliphatic rings. The second-order valence-corrected chi connectivity index (χ2v) is 9.52. The third-order valence-corrected chi connectivity index (χ3v) is 7.18. The van der Waals surface area contributed by atoms with Gasteiger partial charge in [-0.2, -0.15) is 0 Å². The van der Waals surface area contributed by atoms with Gasteiger partial charge in [-0.05, 0) is 43.9 Å². The summed E-state index contributed by atoms with van der Waals surface area (Å²) in [6.07, 6.45) is 1.28. The fourth-order valence-corrected chi connectivity index (χ4v) is 5.32. The number of carboxylic acid groups (broad SMARTS) is 1. The number of nitrogens with one attached hydrogen (secondary N) is 2. The average molecular weight is 499 g/mol. The zero-order chi connectivity index (χ0) is 26.4. The number of likely N-dealkylation sites (tertiary alicyclic amines) is 1. The number of nitrogens with zero attached hydrogens (tertiary/aromatic N) is 3. The number of carboxylic acids is 1. The van der Waals surface area contributed by atoms with Crippen molar-refractivity contribution in [3.05, 3.63) is 65.0 Å². The van der Waals surface area contributed by atoms with E-state index in [1.807, 2.05) is 52.8 Å². The van der Waals surface area contributed by atoms with Gasteiger partial charge in [-0.25, -0.2) is 9.78 Å². The Kier molecular flexibility index (Phi) is 6.07. The van der Waals surface area contributed by atoms with Crippen LogP contribution in [0.2, 0.25) is 0 Å². The first-order chi connectivity index (χ1) is 17.7. The van der Waals surface area contributed by atoms with Crippen LogP contribution in [0.1, 0.15) is 47.1 Å². The van der Waals surface area contributed by atoms with Gasteiger partial charge in [0, 0.05) is 42.9 Å². The summed E-state index contributed by atoms with van der Waals surface area (Å²) in [6, 6.07) is 13.3. The Bertz CT molecular complexity index is 1580. The maximum absolute atomic E-state index is 12.3. The lowest BCUT2D eigenvalue weighted by molar-refractivity contribution is 0.0683. The Labute approximate surface area is 214 Å². The maximum atomic E-state index is 12.3. The lowest BCUT2D eigenvalue weighted by Crippen LogP contribution is -2.40. The van der Waals surface area contributed by atoms with Crippen molar-refractivity contribution in [2.24, 2.45) is 5.73 Å². The highest BCUT2D eigenvalue weighted by molar-refractivity contribution is 6.10. The largest absolute Gasteiger partial charge is 0.489 e. The number of nitrogens with two attached hydrogens (primary N) is 1. The number of aromatic carboxylic acids is 1. The molecule has 0 spiro atoms. The van der Waals surface area contributed by atoms with Crippen molar-refractivity contribution >= 4 is 39.4 Å². The molecule has 0 unspecified atom stereocenters. The molecule has 0 saturated carbocycles. The summed E-state index contributed by atoms with van der Waals surface area (Å²) in [6.45, 7) is 6.85. The zero-order valence-corrected chi connectivity index (χ0v) is 21.1. The van der Waals surface area contributed by atoms with Crippen LogP contribution in [-0.4, -0.2) is 56.4 Å². The third kappa shape index (κ3) is 4.16. The Morgan fingerprint density at radius 1 is 1.11 bits per heavy atom. The van der Waals surface area contributed by atoms with E-state index >= 15 is 0 Å². The first kappa shape index (κ1) is 24.3. The summed E-state index contributed by atoms with van der Waals surface area (Å²) in [5, 5.41) is 27.7. The zero-order valence-electron chi connectivity index (χ0n) is 21.1. The van der Waals surface area contributed by atoms with Crippen LogP contribution < -0.4 is 10.5 Å². The second kappa shape index (κ2) is 9.24. The number of carbonyl (C=O) groups is 1. The number of fused-ring (bicyclic) bond motifs is 2. The quantitative estimate of drug-likeness (QED) is 0.234. The van der Waals surface area contributed by atoms with Crippen LogP contribution >= 0.6 is 0 Å². The summed E-state index contributed by atoms with van der Waals surface area (Å²) >= 11 is 0. The van der Waals surface area contributed by atoms with Gasteiger partial charge < -0.3 is 20.5 Å². The molecule has 0 atom stereocenters. The molecule has 0 radical (unpaired) electrons. The van der Waals surface area contributed by atoms with E-state index in [9.17, 15) is 9.90 Å². The first-order valence-electron chi connectivity index (χ1n) is 12.3. The van der Waals surface area contributed by atoms with Crippen molar-refractivity contribution in [3.8, 4) is 11.4 Å². The Hall–Kier alpha value is -4.40. The van der Waals surface area contributed by atoms with Gasteiger partial charge in [0.25, 0.3) is 0 Å². The number of nitrogen functional groups attached to an aromatic ring is 1. The molecule has 0 aliphatic carbocycles. The fourth-order valence-electron chi connectivity index (χ4n) is 5.32. The van der Waals surface area contributed by atoms with Crippen LogP contribution in [0.5, 0.6) is 5.75 Å². The number of hydrogen-bond donors (Lipinski definition) is 4. The number of aromatic nitrogens is 2. The van der Waals surface area contributed by atoms with E-state index in [1.165, 1.54) is 0 Å². The Balaban J connectivity index is 1.67. The predicted molar refractivity (Wildman–Crippen MR) is 145 cm³/mol. The molecule has 5 rings (SSSR count). The van der Waals surface area contributed by atoms with Gasteiger partial charge in [-0.3, -0.25) is 15.4 Å². The highest BCUT2D eigenvalue weighted by Crippen LogP contribution is 2.36. The molecule has 1 saturated heterocycles. The van der Waals surface area contributed by atoms with E-state index in [4.69, 9.17) is 26.3 Å². The molecule has 9 nitrogen and oxygen atoms in total. The fraction of sp³-hybridized carbons (Fsp3) is 0.286. The number of amidine groups is 2. The van der Waals surface area contributed by atoms with Gasteiger partial charge in [0.05, 0.1) is 22.6 Å². The van der Waals surface area contributed by atoms with Crippen molar-refractivity contribution in [1.29, 1.82) is 10.8 Å². The molecule has 9 heteroatoms. The van der Waals surface area contributed by atoms with Crippen molar-refractivity contribution < 1.29 is 14.6 Å². The average Bonchev–Trinajstić information content (AvgIpc) is 3.19. The van der Waals surface area contributed by atoms with Crippen LogP contribution in [0.4, 0.5) is 0 Å². The topological polar surface area (TPSA) is 141 Å². The van der Waals surface area contributed by atoms with Crippen LogP contribution in [-0.2, 0) is 0 Å². The summed E-state index contributed by atoms with van der Waals surface area (Å²) in [5.41, 5.74) is 9.40. The number of imidazole rings is 1. The van der Waals surface area contributed by atoms with Gasteiger partial charge >= 0.3 is 5.97 Å². The van der Waals surface area contributed by atoms with E-state index in [2.05, 4.69) is 0 Å². The first-order valence-corrected chi connectivity index (χ1v) is 12.3. The molecule has 37 heavy (non-hydrogen) atoms. The molecular weight excluding hydrogens is 468 g/mol. The highest BCUT2D eigenvalue weighted by atomic mass is 16.5. The molecule has 4 aromatic rings. The smallest absolute Gasteiger partial charge is 0.339 e. The molecule has 190 valence electrons. The molecule has 5 N–H and O–H groups in total. The summed E-state index contributed by atoms with van der Waals surface area (Å²) in [4.78, 5) is 19.1. The Morgan fingerprint density at radius 2 is 1.78 bits per heavy atom. The normalized spacial score (nSPS) is 14.3. The standard InChI is InChI=1S/C28H30N6O3/c1-15-25(28(35)36)24(37-18-10-12-33(13-11-18)16(2)29)14-23-26(15)32-17(3)34(23)22-9-8-21(27(30)31)19-6-4-5-7-20(19)22/h4-9,14,18,29H,10-13H2,1-3H3,(H3,30,31)(H,35,36). The van der Waals surface area contributed by atoms with Gasteiger partial charge in [-0.1, -0.05) is 24.3 Å². The van der Waals surface area contributed by atoms with E-state index in [0.717, 1.165) is 22.0 Å². The minimum Gasteiger partial charge on any atom is -0.489 e. The monoisotopic (exact) mass is 498 g/mol. The van der Waals surface area contributed by atoms with Crippen molar-refractivity contribution in [2.75, 3.05) is 13.1 Å². The molecular formula is C28H30N6O3. The Morgan fingerprint density at radius 3 is 2.41 bits per heavy atom. The third-order valence-electron chi connectivity index (χ3n) is 7.18. The van der Waals surface area contributed by atoms with Crippen LogP contribution in [0.25, 0.3) is 27.5 Å². The molecule has 2 heterocycles. The number of piperidine rings is 1. The van der Waals surface area contributed by atoms with Gasteiger partial charge in [-0.15, -0.1) is 0 Å². The van der Waals surface area contributed by atoms with Gasteiger partial charge in [0.2, 0.25) is 0 Å². The number of hydrogen-bond acceptors (Lipinski definition) is 5. The van der Waals surface area contributed by atoms with E-state index in [1.54, 1.807) is 19.9 Å². The number of ether oxygens (including phenoxy) is 1. The van der Waals surface area contributed by atoms with E-state index in [-0.39, 0.29) is 17.5 Å². The van der Waals surface area contributed by atoms with Crippen LogP contribution in [0.15, 0.2) is 42.5 Å². The predicted octanol–water partition coefficient (Wildman–Crippen LogP) is 4.62. The van der Waals surface area contributed by atoms with Crippen LogP contribution in [0, 0.1) is 24.7 Å². The highest BCUT2D eigenvalue weighted by Gasteiger charge is 2.27. The van der Waals surface area contributed by atoms with Crippen molar-refractivity contribution in [3.63, 3.8) is 0 Å². The lowest BCUT2D eigenvalue weighted by Gasteiger charge is -2.33. The minimum atomic E-state index is -1.05. The minimum absolute atomic E-state index is 0.00292. The molecule has 1 fully saturated rings. The number of aryl methyl sites for hydroxylation is 2. The van der Waals surface area contributed by atoms with E-state index < -0.39 is 5.97 Å². The lowest BCUT2D eigenvalue weighted by atomic mass is 10.0.